The minimum atomic E-state index is -1.14. The predicted molar refractivity (Wildman–Crippen MR) is 148 cm³/mol. The second-order valence-corrected chi connectivity index (χ2v) is 10.3. The number of hydrogen-bond donors (Lipinski definition) is 4. The Morgan fingerprint density at radius 3 is 2.67 bits per heavy atom. The first-order valence-corrected chi connectivity index (χ1v) is 13.9. The molecule has 12 heteroatoms. The van der Waals surface area contributed by atoms with Crippen molar-refractivity contribution < 1.29 is 23.9 Å². The molecule has 0 radical (unpaired) electrons. The lowest BCUT2D eigenvalue weighted by Gasteiger charge is -2.26. The monoisotopic (exact) mass is 553 g/mol. The molecule has 1 aromatic carbocycles. The number of rotatable bonds is 8. The van der Waals surface area contributed by atoms with Crippen LogP contribution >= 0.6 is 0 Å². The van der Waals surface area contributed by atoms with Gasteiger partial charge in [0.1, 0.15) is 24.4 Å². The zero-order chi connectivity index (χ0) is 28.3. The van der Waals surface area contributed by atoms with Crippen LogP contribution in [0.25, 0.3) is 0 Å². The third-order valence-electron chi connectivity index (χ3n) is 7.21. The van der Waals surface area contributed by atoms with E-state index in [1.165, 1.54) is 24.1 Å². The molecule has 40 heavy (non-hydrogen) atoms. The number of amides is 4. The highest BCUT2D eigenvalue weighted by Gasteiger charge is 2.30. The standard InChI is InChI=1S/C28H39N7O5/c1-34-14-15-40-24-9-3-2-8-21(24)26(37)33-22(27(38)30-10-4-5-11-35-12-6-7-13-35)17-25(36)32-23(28(34)39)16-20-18-29-19-31-20/h2-3,8-9,18-19,22-23H,4-7,10-17H2,1H3,(H,29,31)(H,30,38)(H,32,36)(H,33,37)/t22-,23-/m0/s1. The number of aromatic amines is 1. The van der Waals surface area contributed by atoms with Crippen molar-refractivity contribution in [3.63, 3.8) is 0 Å². The van der Waals surface area contributed by atoms with E-state index in [-0.39, 0.29) is 37.5 Å². The first-order valence-electron chi connectivity index (χ1n) is 13.9. The van der Waals surface area contributed by atoms with Gasteiger partial charge in [0, 0.05) is 31.9 Å². The van der Waals surface area contributed by atoms with Gasteiger partial charge in [-0.1, -0.05) is 12.1 Å². The van der Waals surface area contributed by atoms with Crippen LogP contribution in [0.3, 0.4) is 0 Å². The molecule has 4 rings (SSSR count). The van der Waals surface area contributed by atoms with Crippen molar-refractivity contribution in [1.29, 1.82) is 0 Å². The number of nitrogens with zero attached hydrogens (tertiary/aromatic N) is 3. The van der Waals surface area contributed by atoms with Crippen LogP contribution in [0.2, 0.25) is 0 Å². The van der Waals surface area contributed by atoms with E-state index in [4.69, 9.17) is 4.74 Å². The van der Waals surface area contributed by atoms with E-state index in [1.54, 1.807) is 37.5 Å². The van der Waals surface area contributed by atoms with E-state index in [0.717, 1.165) is 32.5 Å². The fraction of sp³-hybridized carbons (Fsp3) is 0.536. The molecule has 2 aliphatic rings. The van der Waals surface area contributed by atoms with E-state index in [2.05, 4.69) is 30.8 Å². The molecule has 3 heterocycles. The smallest absolute Gasteiger partial charge is 0.255 e. The second-order valence-electron chi connectivity index (χ2n) is 10.3. The normalized spacial score (nSPS) is 21.1. The maximum Gasteiger partial charge on any atom is 0.255 e. The van der Waals surface area contributed by atoms with E-state index in [1.807, 2.05) is 0 Å². The lowest BCUT2D eigenvalue weighted by Crippen LogP contribution is -2.53. The van der Waals surface area contributed by atoms with Gasteiger partial charge in [0.05, 0.1) is 24.9 Å². The molecular formula is C28H39N7O5. The van der Waals surface area contributed by atoms with Crippen LogP contribution < -0.4 is 20.7 Å². The number of nitrogens with one attached hydrogen (secondary N) is 4. The van der Waals surface area contributed by atoms with Crippen molar-refractivity contribution in [3.05, 3.63) is 48.0 Å². The number of carbonyl (C=O) groups excluding carboxylic acids is 4. The highest BCUT2D eigenvalue weighted by molar-refractivity contribution is 6.01. The zero-order valence-electron chi connectivity index (χ0n) is 23.0. The van der Waals surface area contributed by atoms with Crippen LogP contribution in [-0.2, 0) is 20.8 Å². The molecule has 0 bridgehead atoms. The summed E-state index contributed by atoms with van der Waals surface area (Å²) < 4.78 is 5.85. The predicted octanol–water partition coefficient (Wildman–Crippen LogP) is 0.469. The molecule has 2 aliphatic heterocycles. The molecule has 1 saturated heterocycles. The van der Waals surface area contributed by atoms with E-state index < -0.39 is 29.8 Å². The number of likely N-dealkylation sites (N-methyl/N-ethyl adjacent to an activating group) is 1. The summed E-state index contributed by atoms with van der Waals surface area (Å²) in [5.41, 5.74) is 0.921. The Kier molecular flexibility index (Phi) is 10.5. The van der Waals surface area contributed by atoms with Crippen LogP contribution in [0.5, 0.6) is 5.75 Å². The maximum atomic E-state index is 13.3. The van der Waals surface area contributed by atoms with Crippen LogP contribution in [-0.4, -0.2) is 102 Å². The molecule has 216 valence electrons. The van der Waals surface area contributed by atoms with Gasteiger partial charge >= 0.3 is 0 Å². The van der Waals surface area contributed by atoms with Gasteiger partial charge in [0.2, 0.25) is 17.7 Å². The minimum Gasteiger partial charge on any atom is -0.491 e. The molecule has 4 amide bonds. The molecule has 4 N–H and O–H groups in total. The van der Waals surface area contributed by atoms with Gasteiger partial charge in [-0.15, -0.1) is 0 Å². The van der Waals surface area contributed by atoms with Gasteiger partial charge in [-0.25, -0.2) is 4.98 Å². The van der Waals surface area contributed by atoms with Gasteiger partial charge < -0.3 is 35.5 Å². The summed E-state index contributed by atoms with van der Waals surface area (Å²) in [5, 5.41) is 8.34. The van der Waals surface area contributed by atoms with Crippen LogP contribution in [0.1, 0.15) is 48.2 Å². The lowest BCUT2D eigenvalue weighted by atomic mass is 10.1. The van der Waals surface area contributed by atoms with Crippen molar-refractivity contribution in [2.45, 2.75) is 50.6 Å². The molecular weight excluding hydrogens is 514 g/mol. The highest BCUT2D eigenvalue weighted by atomic mass is 16.5. The van der Waals surface area contributed by atoms with Gasteiger partial charge in [-0.2, -0.15) is 0 Å². The summed E-state index contributed by atoms with van der Waals surface area (Å²) in [6.07, 6.45) is 7.17. The number of aromatic nitrogens is 2. The highest BCUT2D eigenvalue weighted by Crippen LogP contribution is 2.19. The molecule has 0 aliphatic carbocycles. The van der Waals surface area contributed by atoms with Gasteiger partial charge in [-0.05, 0) is 57.5 Å². The van der Waals surface area contributed by atoms with E-state index in [0.29, 0.717) is 18.0 Å². The van der Waals surface area contributed by atoms with Crippen molar-refractivity contribution in [1.82, 2.24) is 35.7 Å². The van der Waals surface area contributed by atoms with Gasteiger partial charge in [0.15, 0.2) is 0 Å². The van der Waals surface area contributed by atoms with Crippen molar-refractivity contribution in [2.24, 2.45) is 0 Å². The average Bonchev–Trinajstić information content (AvgIpc) is 3.66. The third-order valence-corrected chi connectivity index (χ3v) is 7.21. The number of benzene rings is 1. The molecule has 2 atom stereocenters. The Labute approximate surface area is 234 Å². The number of likely N-dealkylation sites (tertiary alicyclic amines) is 1. The SMILES string of the molecule is CN1CCOc2ccccc2C(=O)N[C@H](C(=O)NCCCCN2CCCC2)CC(=O)N[C@@H](Cc2cnc[nH]2)C1=O. The molecule has 1 fully saturated rings. The molecule has 0 unspecified atom stereocenters. The van der Waals surface area contributed by atoms with Crippen molar-refractivity contribution in [3.8, 4) is 5.75 Å². The Morgan fingerprint density at radius 2 is 1.90 bits per heavy atom. The number of unbranched alkanes of at least 4 members (excludes halogenated alkanes) is 1. The molecule has 2 aromatic rings. The quantitative estimate of drug-likeness (QED) is 0.347. The summed E-state index contributed by atoms with van der Waals surface area (Å²) in [5.74, 6) is -1.48. The van der Waals surface area contributed by atoms with E-state index in [9.17, 15) is 19.2 Å². The number of hydrogen-bond acceptors (Lipinski definition) is 7. The number of ether oxygens (including phenoxy) is 1. The topological polar surface area (TPSA) is 149 Å². The first-order chi connectivity index (χ1) is 19.4. The van der Waals surface area contributed by atoms with Crippen LogP contribution in [0.4, 0.5) is 0 Å². The Bertz CT molecular complexity index is 1150. The lowest BCUT2D eigenvalue weighted by molar-refractivity contribution is -0.136. The number of H-pyrrole nitrogens is 1. The molecule has 0 saturated carbocycles. The minimum absolute atomic E-state index is 0.138. The maximum absolute atomic E-state index is 13.3. The molecule has 12 nitrogen and oxygen atoms in total. The molecule has 0 spiro atoms. The number of imidazole rings is 1. The van der Waals surface area contributed by atoms with Gasteiger partial charge in [-0.3, -0.25) is 19.2 Å². The third kappa shape index (κ3) is 8.28. The van der Waals surface area contributed by atoms with Crippen LogP contribution in [0.15, 0.2) is 36.8 Å². The Balaban J connectivity index is 1.47. The first kappa shape index (κ1) is 29.1. The number of para-hydroxylation sites is 1. The summed E-state index contributed by atoms with van der Waals surface area (Å²) in [6, 6.07) is 4.67. The summed E-state index contributed by atoms with van der Waals surface area (Å²) in [6.45, 7) is 4.06. The Hall–Kier alpha value is -3.93. The Morgan fingerprint density at radius 1 is 1.10 bits per heavy atom. The molecule has 1 aromatic heterocycles. The number of fused-ring (bicyclic) bond motifs is 1. The van der Waals surface area contributed by atoms with E-state index >= 15 is 0 Å². The summed E-state index contributed by atoms with van der Waals surface area (Å²) >= 11 is 0. The van der Waals surface area contributed by atoms with Crippen molar-refractivity contribution in [2.75, 3.05) is 46.4 Å². The van der Waals surface area contributed by atoms with Crippen molar-refractivity contribution >= 4 is 23.6 Å². The summed E-state index contributed by atoms with van der Waals surface area (Å²) in [4.78, 5) is 63.7. The van der Waals surface area contributed by atoms with Gasteiger partial charge in [0.25, 0.3) is 5.91 Å². The fourth-order valence-corrected chi connectivity index (χ4v) is 4.95. The average molecular weight is 554 g/mol. The largest absolute Gasteiger partial charge is 0.491 e. The fourth-order valence-electron chi connectivity index (χ4n) is 4.95. The zero-order valence-corrected chi connectivity index (χ0v) is 23.0. The second kappa shape index (κ2) is 14.5. The summed E-state index contributed by atoms with van der Waals surface area (Å²) in [7, 11) is 1.63. The number of carbonyl (C=O) groups is 4. The van der Waals surface area contributed by atoms with Crippen LogP contribution in [0, 0.1) is 0 Å².